The fraction of sp³-hybridized carbons (Fsp3) is 0.400. The first kappa shape index (κ1) is 24.0. The highest BCUT2D eigenvalue weighted by Gasteiger charge is 2.18. The third-order valence-electron chi connectivity index (χ3n) is 5.15. The molecule has 1 atom stereocenters. The van der Waals surface area contributed by atoms with Crippen LogP contribution in [0.4, 0.5) is 4.39 Å². The van der Waals surface area contributed by atoms with Gasteiger partial charge in [-0.3, -0.25) is 4.79 Å². The summed E-state index contributed by atoms with van der Waals surface area (Å²) in [6, 6.07) is 15.0. The molecule has 0 radical (unpaired) electrons. The van der Waals surface area contributed by atoms with E-state index in [1.54, 1.807) is 12.1 Å². The molecule has 5 nitrogen and oxygen atoms in total. The Balaban J connectivity index is 1.56. The second-order valence-corrected chi connectivity index (χ2v) is 9.81. The van der Waals surface area contributed by atoms with Crippen LogP contribution in [0.3, 0.4) is 0 Å². The van der Waals surface area contributed by atoms with Crippen molar-refractivity contribution in [3.05, 3.63) is 81.1 Å². The Labute approximate surface area is 193 Å². The van der Waals surface area contributed by atoms with Crippen molar-refractivity contribution in [2.75, 3.05) is 0 Å². The Morgan fingerprint density at radius 2 is 1.59 bits per heavy atom. The van der Waals surface area contributed by atoms with Crippen LogP contribution in [0.2, 0.25) is 0 Å². The van der Waals surface area contributed by atoms with Gasteiger partial charge in [0.1, 0.15) is 10.8 Å². The van der Waals surface area contributed by atoms with Gasteiger partial charge in [0.2, 0.25) is 5.01 Å². The molecule has 3 rings (SSSR count). The standard InChI is InChI=1S/C25H31FN4OS/c1-16(2)13-18-5-9-20(10-6-18)23(17(3)4)27-15-22-29-30-25(32-22)24(31)28-14-19-7-11-21(26)12-8-19/h5-12,16-17,23,27H,13-15H2,1-4H3,(H,28,31). The van der Waals surface area contributed by atoms with Gasteiger partial charge in [0.05, 0.1) is 6.54 Å². The van der Waals surface area contributed by atoms with Crippen molar-refractivity contribution < 1.29 is 9.18 Å². The lowest BCUT2D eigenvalue weighted by molar-refractivity contribution is 0.0950. The number of carbonyl (C=O) groups excluding carboxylic acids is 1. The summed E-state index contributed by atoms with van der Waals surface area (Å²) >= 11 is 1.28. The molecule has 2 N–H and O–H groups in total. The second-order valence-electron chi connectivity index (χ2n) is 8.75. The van der Waals surface area contributed by atoms with Crippen LogP contribution in [-0.4, -0.2) is 16.1 Å². The monoisotopic (exact) mass is 454 g/mol. The van der Waals surface area contributed by atoms with Gasteiger partial charge >= 0.3 is 0 Å². The molecule has 0 bridgehead atoms. The topological polar surface area (TPSA) is 66.9 Å². The summed E-state index contributed by atoms with van der Waals surface area (Å²) in [5, 5.41) is 15.7. The molecule has 1 unspecified atom stereocenters. The Morgan fingerprint density at radius 1 is 0.938 bits per heavy atom. The molecule has 0 spiro atoms. The quantitative estimate of drug-likeness (QED) is 0.437. The van der Waals surface area contributed by atoms with Gasteiger partial charge in [0, 0.05) is 12.6 Å². The number of rotatable bonds is 10. The maximum Gasteiger partial charge on any atom is 0.282 e. The molecule has 0 aliphatic rings. The zero-order chi connectivity index (χ0) is 23.1. The minimum Gasteiger partial charge on any atom is -0.346 e. The summed E-state index contributed by atoms with van der Waals surface area (Å²) in [7, 11) is 0. The van der Waals surface area contributed by atoms with Crippen LogP contribution in [0.1, 0.15) is 65.2 Å². The van der Waals surface area contributed by atoms with E-state index in [1.807, 2.05) is 0 Å². The van der Waals surface area contributed by atoms with Gasteiger partial charge in [-0.1, -0.05) is 75.4 Å². The molecule has 0 aliphatic heterocycles. The molecule has 170 valence electrons. The third-order valence-corrected chi connectivity index (χ3v) is 6.07. The Kier molecular flexibility index (Phi) is 8.47. The zero-order valence-electron chi connectivity index (χ0n) is 19.1. The van der Waals surface area contributed by atoms with Gasteiger partial charge < -0.3 is 10.6 Å². The van der Waals surface area contributed by atoms with Crippen molar-refractivity contribution in [1.82, 2.24) is 20.8 Å². The Bertz CT molecular complexity index is 1000. The zero-order valence-corrected chi connectivity index (χ0v) is 19.9. The summed E-state index contributed by atoms with van der Waals surface area (Å²) in [5.41, 5.74) is 3.42. The van der Waals surface area contributed by atoms with E-state index in [0.29, 0.717) is 29.9 Å². The lowest BCUT2D eigenvalue weighted by Crippen LogP contribution is -2.25. The first-order valence-electron chi connectivity index (χ1n) is 11.0. The van der Waals surface area contributed by atoms with Crippen molar-refractivity contribution in [3.8, 4) is 0 Å². The van der Waals surface area contributed by atoms with Gasteiger partial charge in [0.25, 0.3) is 5.91 Å². The van der Waals surface area contributed by atoms with Gasteiger partial charge in [-0.05, 0) is 47.1 Å². The van der Waals surface area contributed by atoms with Crippen molar-refractivity contribution in [1.29, 1.82) is 0 Å². The molecular weight excluding hydrogens is 423 g/mol. The summed E-state index contributed by atoms with van der Waals surface area (Å²) in [5.74, 6) is 0.462. The lowest BCUT2D eigenvalue weighted by Gasteiger charge is -2.23. The molecule has 1 aromatic heterocycles. The van der Waals surface area contributed by atoms with E-state index >= 15 is 0 Å². The summed E-state index contributed by atoms with van der Waals surface area (Å²) in [6.07, 6.45) is 1.08. The smallest absolute Gasteiger partial charge is 0.282 e. The number of hydrogen-bond donors (Lipinski definition) is 2. The maximum atomic E-state index is 13.0. The number of halogens is 1. The van der Waals surface area contributed by atoms with Gasteiger partial charge in [-0.25, -0.2) is 4.39 Å². The van der Waals surface area contributed by atoms with Crippen LogP contribution >= 0.6 is 11.3 Å². The molecule has 1 amide bonds. The van der Waals surface area contributed by atoms with Crippen LogP contribution in [0.25, 0.3) is 0 Å². The highest BCUT2D eigenvalue weighted by Crippen LogP contribution is 2.24. The van der Waals surface area contributed by atoms with Crippen LogP contribution < -0.4 is 10.6 Å². The first-order chi connectivity index (χ1) is 15.3. The molecule has 2 aromatic carbocycles. The van der Waals surface area contributed by atoms with E-state index in [4.69, 9.17) is 0 Å². The molecule has 7 heteroatoms. The fourth-order valence-corrected chi connectivity index (χ4v) is 4.25. The maximum absolute atomic E-state index is 13.0. The molecule has 0 fully saturated rings. The lowest BCUT2D eigenvalue weighted by atomic mass is 9.94. The van der Waals surface area contributed by atoms with Crippen molar-refractivity contribution in [2.24, 2.45) is 11.8 Å². The fourth-order valence-electron chi connectivity index (χ4n) is 3.55. The predicted octanol–water partition coefficient (Wildman–Crippen LogP) is 5.29. The average molecular weight is 455 g/mol. The number of nitrogens with one attached hydrogen (secondary N) is 2. The van der Waals surface area contributed by atoms with E-state index in [1.165, 1.54) is 34.6 Å². The van der Waals surface area contributed by atoms with Crippen molar-refractivity contribution >= 4 is 17.2 Å². The van der Waals surface area contributed by atoms with Crippen LogP contribution in [0.5, 0.6) is 0 Å². The number of aromatic nitrogens is 2. The molecule has 3 aromatic rings. The average Bonchev–Trinajstić information content (AvgIpc) is 3.23. The molecule has 32 heavy (non-hydrogen) atoms. The number of nitrogens with zero attached hydrogens (tertiary/aromatic N) is 2. The molecule has 0 saturated carbocycles. The minimum absolute atomic E-state index is 0.183. The summed E-state index contributed by atoms with van der Waals surface area (Å²) in [4.78, 5) is 12.4. The number of hydrogen-bond acceptors (Lipinski definition) is 5. The van der Waals surface area contributed by atoms with Crippen LogP contribution in [0, 0.1) is 17.7 Å². The first-order valence-corrected chi connectivity index (χ1v) is 11.8. The molecule has 1 heterocycles. The Hall–Kier alpha value is -2.64. The SMILES string of the molecule is CC(C)Cc1ccc(C(NCc2nnc(C(=O)NCc3ccc(F)cc3)s2)C(C)C)cc1. The van der Waals surface area contributed by atoms with Crippen LogP contribution in [-0.2, 0) is 19.5 Å². The predicted molar refractivity (Wildman–Crippen MR) is 127 cm³/mol. The molecule has 0 aliphatic carbocycles. The van der Waals surface area contributed by atoms with Crippen LogP contribution in [0.15, 0.2) is 48.5 Å². The van der Waals surface area contributed by atoms with Gasteiger partial charge in [0.15, 0.2) is 0 Å². The number of carbonyl (C=O) groups is 1. The van der Waals surface area contributed by atoms with Crippen molar-refractivity contribution in [3.63, 3.8) is 0 Å². The summed E-state index contributed by atoms with van der Waals surface area (Å²) < 4.78 is 13.0. The highest BCUT2D eigenvalue weighted by atomic mass is 32.1. The minimum atomic E-state index is -0.299. The molecular formula is C25H31FN4OS. The Morgan fingerprint density at radius 3 is 2.22 bits per heavy atom. The van der Waals surface area contributed by atoms with E-state index < -0.39 is 0 Å². The van der Waals surface area contributed by atoms with Gasteiger partial charge in [-0.2, -0.15) is 0 Å². The second kappa shape index (κ2) is 11.3. The highest BCUT2D eigenvalue weighted by molar-refractivity contribution is 7.13. The van der Waals surface area contributed by atoms with E-state index in [-0.39, 0.29) is 17.8 Å². The largest absolute Gasteiger partial charge is 0.346 e. The van der Waals surface area contributed by atoms with Crippen molar-refractivity contribution in [2.45, 2.75) is 53.2 Å². The van der Waals surface area contributed by atoms with E-state index in [2.05, 4.69) is 72.8 Å². The normalized spacial score (nSPS) is 12.3. The van der Waals surface area contributed by atoms with E-state index in [0.717, 1.165) is 17.0 Å². The number of benzene rings is 2. The summed E-state index contributed by atoms with van der Waals surface area (Å²) in [6.45, 7) is 9.69. The van der Waals surface area contributed by atoms with Gasteiger partial charge in [-0.15, -0.1) is 10.2 Å². The number of amides is 1. The molecule has 0 saturated heterocycles. The third kappa shape index (κ3) is 6.93. The van der Waals surface area contributed by atoms with E-state index in [9.17, 15) is 9.18 Å².